The molecule has 0 unspecified atom stereocenters. The Morgan fingerprint density at radius 1 is 1.12 bits per heavy atom. The summed E-state index contributed by atoms with van der Waals surface area (Å²) in [5, 5.41) is -1.20. The van der Waals surface area contributed by atoms with Crippen molar-refractivity contribution in [1.82, 2.24) is 0 Å². The monoisotopic (exact) mass is 255 g/mol. The Morgan fingerprint density at radius 3 is 1.94 bits per heavy atom. The minimum atomic E-state index is -3.66. The molecule has 0 aliphatic heterocycles. The van der Waals surface area contributed by atoms with Crippen molar-refractivity contribution in [2.75, 3.05) is 0 Å². The lowest BCUT2D eigenvalue weighted by molar-refractivity contribution is -0.117. The van der Waals surface area contributed by atoms with Crippen LogP contribution in [0.5, 0.6) is 0 Å². The molecular weight excluding hydrogens is 238 g/mol. The van der Waals surface area contributed by atoms with E-state index in [0.717, 1.165) is 5.56 Å². The number of hydrogen-bond donors (Lipinski definition) is 1. The highest BCUT2D eigenvalue weighted by molar-refractivity contribution is 7.92. The van der Waals surface area contributed by atoms with Crippen molar-refractivity contribution in [1.29, 1.82) is 0 Å². The lowest BCUT2D eigenvalue weighted by Gasteiger charge is -2.11. The molecule has 0 saturated heterocycles. The maximum absolute atomic E-state index is 12.0. The van der Waals surface area contributed by atoms with E-state index in [9.17, 15) is 13.2 Å². The molecule has 1 aromatic carbocycles. The van der Waals surface area contributed by atoms with Gasteiger partial charge in [-0.15, -0.1) is 0 Å². The standard InChI is InChI=1S/C12H17NO3S/c1-8(2)10-4-6-11(7-5-10)17(15,16)9(3)12(13)14/h4-9H,1-3H3,(H2,13,14)/t9-/m0/s1. The molecule has 0 spiro atoms. The first-order valence-electron chi connectivity index (χ1n) is 5.40. The topological polar surface area (TPSA) is 77.2 Å². The largest absolute Gasteiger partial charge is 0.369 e. The van der Waals surface area contributed by atoms with Gasteiger partial charge in [0, 0.05) is 0 Å². The number of amides is 1. The Morgan fingerprint density at radius 2 is 1.59 bits per heavy atom. The van der Waals surface area contributed by atoms with E-state index in [2.05, 4.69) is 0 Å². The molecule has 0 fully saturated rings. The highest BCUT2D eigenvalue weighted by atomic mass is 32.2. The van der Waals surface area contributed by atoms with Crippen molar-refractivity contribution >= 4 is 15.7 Å². The highest BCUT2D eigenvalue weighted by Gasteiger charge is 2.27. The van der Waals surface area contributed by atoms with Gasteiger partial charge in [0.2, 0.25) is 5.91 Å². The van der Waals surface area contributed by atoms with Crippen LogP contribution >= 0.6 is 0 Å². The molecule has 2 N–H and O–H groups in total. The Labute approximate surface area is 102 Å². The zero-order chi connectivity index (χ0) is 13.2. The molecule has 0 aliphatic carbocycles. The molecule has 94 valence electrons. The van der Waals surface area contributed by atoms with E-state index in [4.69, 9.17) is 5.73 Å². The molecule has 0 radical (unpaired) electrons. The second-order valence-corrected chi connectivity index (χ2v) is 6.58. The number of sulfone groups is 1. The summed E-state index contributed by atoms with van der Waals surface area (Å²) in [6.07, 6.45) is 0. The van der Waals surface area contributed by atoms with Crippen molar-refractivity contribution in [3.8, 4) is 0 Å². The molecule has 17 heavy (non-hydrogen) atoms. The van der Waals surface area contributed by atoms with Gasteiger partial charge in [0.15, 0.2) is 9.84 Å². The summed E-state index contributed by atoms with van der Waals surface area (Å²) in [6.45, 7) is 5.35. The maximum Gasteiger partial charge on any atom is 0.235 e. The first kappa shape index (κ1) is 13.7. The minimum absolute atomic E-state index is 0.133. The zero-order valence-electron chi connectivity index (χ0n) is 10.2. The highest BCUT2D eigenvalue weighted by Crippen LogP contribution is 2.20. The van der Waals surface area contributed by atoms with E-state index in [0.29, 0.717) is 5.92 Å². The summed E-state index contributed by atoms with van der Waals surface area (Å²) in [4.78, 5) is 11.1. The van der Waals surface area contributed by atoms with Crippen LogP contribution < -0.4 is 5.73 Å². The molecule has 0 bridgehead atoms. The van der Waals surface area contributed by atoms with Crippen molar-refractivity contribution in [3.63, 3.8) is 0 Å². The maximum atomic E-state index is 12.0. The molecule has 1 atom stereocenters. The third kappa shape index (κ3) is 2.85. The van der Waals surface area contributed by atoms with Gasteiger partial charge in [0.25, 0.3) is 0 Å². The molecule has 1 aromatic rings. The minimum Gasteiger partial charge on any atom is -0.369 e. The van der Waals surface area contributed by atoms with Crippen LogP contribution in [0.3, 0.4) is 0 Å². The number of nitrogens with two attached hydrogens (primary N) is 1. The van der Waals surface area contributed by atoms with Crippen molar-refractivity contribution in [2.24, 2.45) is 5.73 Å². The summed E-state index contributed by atoms with van der Waals surface area (Å²) >= 11 is 0. The SMILES string of the molecule is CC(C)c1ccc(S(=O)(=O)[C@@H](C)C(N)=O)cc1. The molecule has 0 heterocycles. The van der Waals surface area contributed by atoms with Crippen LogP contribution in [0.2, 0.25) is 0 Å². The average Bonchev–Trinajstić information content (AvgIpc) is 2.27. The fourth-order valence-electron chi connectivity index (χ4n) is 1.40. The van der Waals surface area contributed by atoms with Crippen LogP contribution in [0.15, 0.2) is 29.2 Å². The third-order valence-electron chi connectivity index (χ3n) is 2.74. The molecule has 1 amide bonds. The molecule has 5 heteroatoms. The fraction of sp³-hybridized carbons (Fsp3) is 0.417. The number of hydrogen-bond acceptors (Lipinski definition) is 3. The van der Waals surface area contributed by atoms with E-state index in [1.807, 2.05) is 13.8 Å². The van der Waals surface area contributed by atoms with Crippen LogP contribution in [0.1, 0.15) is 32.3 Å². The Kier molecular flexibility index (Phi) is 3.93. The van der Waals surface area contributed by atoms with Gasteiger partial charge in [-0.25, -0.2) is 8.42 Å². The smallest absolute Gasteiger partial charge is 0.235 e. The first-order chi connectivity index (χ1) is 7.76. The van der Waals surface area contributed by atoms with Gasteiger partial charge < -0.3 is 5.73 Å². The predicted molar refractivity (Wildman–Crippen MR) is 66.4 cm³/mol. The van der Waals surface area contributed by atoms with Crippen LogP contribution in [-0.2, 0) is 14.6 Å². The van der Waals surface area contributed by atoms with Gasteiger partial charge in [0.1, 0.15) is 5.25 Å². The number of carbonyl (C=O) groups excluding carboxylic acids is 1. The Bertz CT molecular complexity index is 503. The summed E-state index contributed by atoms with van der Waals surface area (Å²) in [5.74, 6) is -0.502. The van der Waals surface area contributed by atoms with Gasteiger partial charge >= 0.3 is 0 Å². The Balaban J connectivity index is 3.13. The van der Waals surface area contributed by atoms with Gasteiger partial charge in [-0.2, -0.15) is 0 Å². The Hall–Kier alpha value is -1.36. The van der Waals surface area contributed by atoms with Gasteiger partial charge in [0.05, 0.1) is 4.90 Å². The molecule has 1 rings (SSSR count). The van der Waals surface area contributed by atoms with Crippen LogP contribution in [0, 0.1) is 0 Å². The van der Waals surface area contributed by atoms with Crippen molar-refractivity contribution in [3.05, 3.63) is 29.8 Å². The van der Waals surface area contributed by atoms with E-state index in [1.54, 1.807) is 12.1 Å². The summed E-state index contributed by atoms with van der Waals surface area (Å²) in [6, 6.07) is 6.55. The lowest BCUT2D eigenvalue weighted by atomic mass is 10.0. The molecular formula is C12H17NO3S. The normalized spacial score (nSPS) is 13.6. The summed E-state index contributed by atoms with van der Waals surface area (Å²) in [7, 11) is -3.66. The first-order valence-corrected chi connectivity index (χ1v) is 6.94. The fourth-order valence-corrected chi connectivity index (χ4v) is 2.63. The average molecular weight is 255 g/mol. The quantitative estimate of drug-likeness (QED) is 0.884. The van der Waals surface area contributed by atoms with Crippen LogP contribution in [0.25, 0.3) is 0 Å². The van der Waals surface area contributed by atoms with Crippen molar-refractivity contribution < 1.29 is 13.2 Å². The number of rotatable bonds is 4. The number of benzene rings is 1. The van der Waals surface area contributed by atoms with Crippen LogP contribution in [-0.4, -0.2) is 19.6 Å². The van der Waals surface area contributed by atoms with E-state index in [1.165, 1.54) is 19.1 Å². The molecule has 0 aromatic heterocycles. The lowest BCUT2D eigenvalue weighted by Crippen LogP contribution is -2.33. The summed E-state index contributed by atoms with van der Waals surface area (Å²) < 4.78 is 23.9. The zero-order valence-corrected chi connectivity index (χ0v) is 11.0. The van der Waals surface area contributed by atoms with E-state index in [-0.39, 0.29) is 4.90 Å². The number of carbonyl (C=O) groups is 1. The molecule has 0 saturated carbocycles. The summed E-state index contributed by atoms with van der Waals surface area (Å²) in [5.41, 5.74) is 6.07. The molecule has 0 aliphatic rings. The van der Waals surface area contributed by atoms with Gasteiger partial charge in [-0.05, 0) is 30.5 Å². The van der Waals surface area contributed by atoms with Crippen LogP contribution in [0.4, 0.5) is 0 Å². The van der Waals surface area contributed by atoms with Gasteiger partial charge in [-0.1, -0.05) is 26.0 Å². The van der Waals surface area contributed by atoms with E-state index < -0.39 is 21.0 Å². The second-order valence-electron chi connectivity index (χ2n) is 4.31. The van der Waals surface area contributed by atoms with Gasteiger partial charge in [-0.3, -0.25) is 4.79 Å². The predicted octanol–water partition coefficient (Wildman–Crippen LogP) is 1.46. The third-order valence-corrected chi connectivity index (χ3v) is 4.83. The second kappa shape index (κ2) is 4.87. The van der Waals surface area contributed by atoms with Crippen molar-refractivity contribution in [2.45, 2.75) is 36.8 Å². The molecule has 4 nitrogen and oxygen atoms in total. The number of primary amides is 1. The van der Waals surface area contributed by atoms with E-state index >= 15 is 0 Å².